The molecule has 2 aromatic carbocycles. The summed E-state index contributed by atoms with van der Waals surface area (Å²) in [5.74, 6) is -1.21. The van der Waals surface area contributed by atoms with Gasteiger partial charge in [-0.1, -0.05) is 24.3 Å². The fraction of sp³-hybridized carbons (Fsp3) is 0.333. The van der Waals surface area contributed by atoms with E-state index in [9.17, 15) is 48.3 Å². The molecule has 1 aromatic heterocycles. The highest BCUT2D eigenvalue weighted by atomic mass is 32.2. The Hall–Kier alpha value is -3.55. The molecular weight excluding hydrogens is 584 g/mol. The highest BCUT2D eigenvalue weighted by Crippen LogP contribution is 2.54. The highest BCUT2D eigenvalue weighted by molar-refractivity contribution is 7.92. The van der Waals surface area contributed by atoms with Crippen molar-refractivity contribution >= 4 is 15.7 Å². The van der Waals surface area contributed by atoms with Crippen LogP contribution in [0, 0.1) is 5.82 Å². The van der Waals surface area contributed by atoms with E-state index in [1.165, 1.54) is 18.5 Å². The minimum absolute atomic E-state index is 0.0618. The van der Waals surface area contributed by atoms with Crippen LogP contribution in [0.1, 0.15) is 47.2 Å². The van der Waals surface area contributed by atoms with Crippen LogP contribution in [0.4, 0.5) is 35.1 Å². The van der Waals surface area contributed by atoms with Gasteiger partial charge < -0.3 is 5.32 Å². The number of nitrogens with zero attached hydrogens (tertiary/aromatic N) is 1. The third-order valence-corrected chi connectivity index (χ3v) is 9.85. The Bertz CT molecular complexity index is 1470. The second-order valence-electron chi connectivity index (χ2n) is 9.67. The second-order valence-corrected chi connectivity index (χ2v) is 11.9. The molecule has 0 radical (unpaired) electrons. The molecule has 41 heavy (non-hydrogen) atoms. The maximum atomic E-state index is 14.6. The topological polar surface area (TPSA) is 76.1 Å². The lowest BCUT2D eigenvalue weighted by Crippen LogP contribution is -2.50. The molecule has 1 amide bonds. The van der Waals surface area contributed by atoms with E-state index in [2.05, 4.69) is 10.3 Å². The average Bonchev–Trinajstić information content (AvgIpc) is 2.92. The Morgan fingerprint density at radius 3 is 1.90 bits per heavy atom. The molecule has 0 atom stereocenters. The molecule has 220 valence electrons. The molecule has 0 aliphatic heterocycles. The van der Waals surface area contributed by atoms with E-state index in [-0.39, 0.29) is 53.8 Å². The zero-order chi connectivity index (χ0) is 30.3. The first-order valence-electron chi connectivity index (χ1n) is 12.2. The zero-order valence-electron chi connectivity index (χ0n) is 20.9. The summed E-state index contributed by atoms with van der Waals surface area (Å²) >= 11 is 0. The molecule has 0 bridgehead atoms. The lowest BCUT2D eigenvalue weighted by molar-refractivity contribution is -0.348. The summed E-state index contributed by atoms with van der Waals surface area (Å²) in [5.41, 5.74) is -7.36. The monoisotopic (exact) mass is 606 g/mol. The number of rotatable bonds is 6. The summed E-state index contributed by atoms with van der Waals surface area (Å²) < 4.78 is 134. The number of nitrogens with one attached hydrogen (secondary N) is 1. The third-order valence-electron chi connectivity index (χ3n) is 7.28. The second kappa shape index (κ2) is 10.7. The summed E-state index contributed by atoms with van der Waals surface area (Å²) in [4.78, 5) is 16.1. The summed E-state index contributed by atoms with van der Waals surface area (Å²) in [5, 5.41) is 2.76. The Morgan fingerprint density at radius 2 is 1.41 bits per heavy atom. The summed E-state index contributed by atoms with van der Waals surface area (Å²) in [6.07, 6.45) is -10.2. The van der Waals surface area contributed by atoms with Crippen molar-refractivity contribution in [1.82, 2.24) is 10.3 Å². The molecule has 14 heteroatoms. The largest absolute Gasteiger partial charge is 0.435 e. The number of hydrogen-bond donors (Lipinski definition) is 1. The van der Waals surface area contributed by atoms with E-state index in [0.717, 1.165) is 36.4 Å². The lowest BCUT2D eigenvalue weighted by atomic mass is 9.80. The van der Waals surface area contributed by atoms with Crippen molar-refractivity contribution in [3.63, 3.8) is 0 Å². The van der Waals surface area contributed by atoms with Gasteiger partial charge in [-0.3, -0.25) is 9.78 Å². The first-order chi connectivity index (χ1) is 19.0. The van der Waals surface area contributed by atoms with Gasteiger partial charge in [0.2, 0.25) is 0 Å². The molecule has 1 aliphatic carbocycles. The van der Waals surface area contributed by atoms with E-state index in [4.69, 9.17) is 0 Å². The molecule has 1 saturated carbocycles. The van der Waals surface area contributed by atoms with Gasteiger partial charge in [0.25, 0.3) is 5.91 Å². The Balaban J connectivity index is 1.72. The number of halogens is 8. The number of amides is 1. The van der Waals surface area contributed by atoms with Gasteiger partial charge in [0.1, 0.15) is 10.6 Å². The number of pyridine rings is 1. The summed E-state index contributed by atoms with van der Waals surface area (Å²) in [6, 6.07) is 8.34. The number of aromatic nitrogens is 1. The van der Waals surface area contributed by atoms with Gasteiger partial charge in [-0.25, -0.2) is 17.2 Å². The van der Waals surface area contributed by atoms with Crippen molar-refractivity contribution in [2.45, 2.75) is 59.4 Å². The van der Waals surface area contributed by atoms with Gasteiger partial charge >= 0.3 is 18.0 Å². The van der Waals surface area contributed by atoms with Gasteiger partial charge in [0, 0.05) is 24.0 Å². The maximum Gasteiger partial charge on any atom is 0.435 e. The fourth-order valence-electron chi connectivity index (χ4n) is 5.04. The minimum Gasteiger partial charge on any atom is -0.349 e. The van der Waals surface area contributed by atoms with Gasteiger partial charge in [-0.05, 0) is 67.6 Å². The van der Waals surface area contributed by atoms with Gasteiger partial charge in [0.15, 0.2) is 9.84 Å². The van der Waals surface area contributed by atoms with Crippen LogP contribution < -0.4 is 5.32 Å². The molecule has 0 unspecified atom stereocenters. The maximum absolute atomic E-state index is 14.6. The van der Waals surface area contributed by atoms with Crippen LogP contribution in [0.2, 0.25) is 0 Å². The predicted molar refractivity (Wildman–Crippen MR) is 131 cm³/mol. The third kappa shape index (κ3) is 5.41. The van der Waals surface area contributed by atoms with E-state index >= 15 is 0 Å². The quantitative estimate of drug-likeness (QED) is 0.255. The molecule has 3 aromatic rings. The molecule has 5 nitrogen and oxygen atoms in total. The Labute approximate surface area is 229 Å². The van der Waals surface area contributed by atoms with E-state index in [0.29, 0.717) is 0 Å². The zero-order valence-corrected chi connectivity index (χ0v) is 21.8. The Morgan fingerprint density at radius 1 is 0.854 bits per heavy atom. The highest BCUT2D eigenvalue weighted by Gasteiger charge is 2.73. The van der Waals surface area contributed by atoms with Crippen LogP contribution in [-0.2, 0) is 20.3 Å². The van der Waals surface area contributed by atoms with Crippen molar-refractivity contribution in [1.29, 1.82) is 0 Å². The molecule has 1 fully saturated rings. The van der Waals surface area contributed by atoms with Crippen LogP contribution >= 0.6 is 0 Å². The van der Waals surface area contributed by atoms with Gasteiger partial charge in [0.05, 0.1) is 10.5 Å². The number of sulfone groups is 1. The predicted octanol–water partition coefficient (Wildman–Crippen LogP) is 6.55. The molecular formula is C27H22F8N2O3S. The minimum atomic E-state index is -6.34. The van der Waals surface area contributed by atoms with Crippen LogP contribution in [-0.4, -0.2) is 37.7 Å². The van der Waals surface area contributed by atoms with E-state index in [1.807, 2.05) is 0 Å². The number of carbonyl (C=O) groups is 1. The first-order valence-corrected chi connectivity index (χ1v) is 13.7. The van der Waals surface area contributed by atoms with Crippen LogP contribution in [0.3, 0.4) is 0 Å². The summed E-state index contributed by atoms with van der Waals surface area (Å²) in [6.45, 7) is 0. The average molecular weight is 607 g/mol. The lowest BCUT2D eigenvalue weighted by Gasteiger charge is -2.40. The van der Waals surface area contributed by atoms with Crippen molar-refractivity contribution in [2.24, 2.45) is 0 Å². The number of hydrogen-bond acceptors (Lipinski definition) is 4. The molecule has 4 rings (SSSR count). The van der Waals surface area contributed by atoms with E-state index < -0.39 is 55.9 Å². The van der Waals surface area contributed by atoms with Gasteiger partial charge in [-0.2, -0.15) is 26.3 Å². The molecule has 1 heterocycles. The van der Waals surface area contributed by atoms with Gasteiger partial charge in [-0.15, -0.1) is 0 Å². The molecule has 0 saturated heterocycles. The number of alkyl halides is 7. The smallest absolute Gasteiger partial charge is 0.349 e. The molecule has 0 spiro atoms. The van der Waals surface area contributed by atoms with Crippen LogP contribution in [0.5, 0.6) is 0 Å². The number of carbonyl (C=O) groups excluding carboxylic acids is 1. The Kier molecular flexibility index (Phi) is 7.93. The van der Waals surface area contributed by atoms with Crippen molar-refractivity contribution in [3.05, 3.63) is 95.6 Å². The van der Waals surface area contributed by atoms with E-state index in [1.54, 1.807) is 6.07 Å². The van der Waals surface area contributed by atoms with Crippen molar-refractivity contribution in [3.8, 4) is 0 Å². The van der Waals surface area contributed by atoms with Crippen LogP contribution in [0.15, 0.2) is 78.0 Å². The van der Waals surface area contributed by atoms with Crippen molar-refractivity contribution in [2.75, 3.05) is 0 Å². The molecule has 1 aliphatic rings. The SMILES string of the molecule is O=C(NC1CCC(c2ccc(C(F)(C(F)(F)F)C(F)(F)F)cc2)(S(=O)(=O)c2ccc(F)cc2)CC1)c1cccnc1. The van der Waals surface area contributed by atoms with Crippen LogP contribution in [0.25, 0.3) is 0 Å². The molecule has 1 N–H and O–H groups in total. The van der Waals surface area contributed by atoms with Crippen molar-refractivity contribution < 1.29 is 48.3 Å². The fourth-order valence-corrected chi connectivity index (χ4v) is 7.20. The normalized spacial score (nSPS) is 20.4. The summed E-state index contributed by atoms with van der Waals surface area (Å²) in [7, 11) is -4.43. The first kappa shape index (κ1) is 30.4. The standard InChI is InChI=1S/C27H22F8N2O3S/c28-20-7-9-22(10-8-20)41(39,40)24(13-11-21(12-14-24)37-23(38)17-2-1-15-36-16-17)18-3-5-19(6-4-18)25(29,26(30,31)32)27(33,34)35/h1-10,15-16,21H,11-14H2,(H,37,38). The number of benzene rings is 2.